The molecule has 0 N–H and O–H groups in total. The Hall–Kier alpha value is -2.99. The summed E-state index contributed by atoms with van der Waals surface area (Å²) in [6.07, 6.45) is 0. The Morgan fingerprint density at radius 1 is 0.500 bits per heavy atom. The van der Waals surface area contributed by atoms with Gasteiger partial charge in [0.25, 0.3) is 0 Å². The fourth-order valence-electron chi connectivity index (χ4n) is 4.06. The molecule has 0 saturated heterocycles. The quantitative estimate of drug-likeness (QED) is 0.125. The van der Waals surface area contributed by atoms with Crippen molar-refractivity contribution < 1.29 is 45.2 Å². The predicted molar refractivity (Wildman–Crippen MR) is 162 cm³/mol. The largest absolute Gasteiger partial charge is 0.168 e. The van der Waals surface area contributed by atoms with Crippen LogP contribution in [0.15, 0.2) is 133 Å². The van der Waals surface area contributed by atoms with Crippen LogP contribution < -0.4 is 0 Å². The van der Waals surface area contributed by atoms with Crippen LogP contribution >= 0.6 is 17.0 Å². The van der Waals surface area contributed by atoms with Gasteiger partial charge in [-0.2, -0.15) is 24.3 Å². The summed E-state index contributed by atoms with van der Waals surface area (Å²) in [6, 6.07) is 46.8. The molecule has 0 bridgehead atoms. The van der Waals surface area contributed by atoms with Crippen LogP contribution in [0, 0.1) is 13.4 Å². The van der Waals surface area contributed by atoms with Crippen molar-refractivity contribution in [2.45, 2.75) is 0 Å². The molecule has 0 aliphatic heterocycles. The Labute approximate surface area is 255 Å². The molecule has 0 spiro atoms. The second-order valence-electron chi connectivity index (χ2n) is 8.17. The average molecular weight is 697 g/mol. The van der Waals surface area contributed by atoms with Gasteiger partial charge in [0.1, 0.15) is 0 Å². The zero-order valence-corrected chi connectivity index (χ0v) is 25.9. The van der Waals surface area contributed by atoms with Crippen LogP contribution in [0.4, 0.5) is 26.3 Å². The first-order valence-corrected chi connectivity index (χ1v) is 20.2. The summed E-state index contributed by atoms with van der Waals surface area (Å²) in [5, 5.41) is 5.31. The molecular weight excluding hydrogens is 672 g/mol. The van der Waals surface area contributed by atoms with Crippen LogP contribution in [-0.4, -0.2) is 4.21 Å². The van der Waals surface area contributed by atoms with Crippen LogP contribution in [0.1, 0.15) is 0 Å². The number of benzene rings is 4. The minimum Gasteiger partial charge on any atom is -0.168 e. The molecule has 6 aromatic carbocycles. The van der Waals surface area contributed by atoms with Gasteiger partial charge in [0.2, 0.25) is 0 Å². The predicted octanol–water partition coefficient (Wildman–Crippen LogP) is 12.5. The molecule has 0 atom stereocenters. The third kappa shape index (κ3) is 12.9. The summed E-state index contributed by atoms with van der Waals surface area (Å²) in [5.74, 6) is 0. The van der Waals surface area contributed by atoms with E-state index >= 15 is 0 Å². The average Bonchev–Trinajstić information content (AvgIpc) is 3.63. The third-order valence-corrected chi connectivity index (χ3v) is 5.53. The van der Waals surface area contributed by atoms with Gasteiger partial charge in [-0.05, 0) is 11.1 Å². The molecule has 0 radical (unpaired) electrons. The van der Waals surface area contributed by atoms with Gasteiger partial charge in [0.15, 0.2) is 13.4 Å². The normalized spacial score (nSPS) is 9.95. The van der Waals surface area contributed by atoms with Crippen LogP contribution in [0.2, 0.25) is 0 Å². The van der Waals surface area contributed by atoms with Gasteiger partial charge >= 0.3 is 40.1 Å². The molecule has 6 aromatic rings. The molecule has 0 aromatic heterocycles. The summed E-state index contributed by atoms with van der Waals surface area (Å²) in [7, 11) is 10.3. The summed E-state index contributed by atoms with van der Waals surface area (Å²) >= 11 is -1.85. The number of halogens is 8. The summed E-state index contributed by atoms with van der Waals surface area (Å²) in [4.78, 5) is 0. The zero-order chi connectivity index (χ0) is 30.9. The van der Waals surface area contributed by atoms with E-state index in [9.17, 15) is 26.3 Å². The molecular formula is C33H24Cl2F6Zr-4. The molecule has 220 valence electrons. The van der Waals surface area contributed by atoms with Crippen molar-refractivity contribution in [1.82, 2.24) is 0 Å². The van der Waals surface area contributed by atoms with Crippen LogP contribution in [0.3, 0.4) is 0 Å². The fourth-order valence-corrected chi connectivity index (χ4v) is 4.06. The van der Waals surface area contributed by atoms with E-state index in [-0.39, 0.29) is 0 Å². The maximum atomic E-state index is 9.58. The van der Waals surface area contributed by atoms with E-state index in [0.717, 1.165) is 0 Å². The maximum absolute atomic E-state index is 9.58. The van der Waals surface area contributed by atoms with Gasteiger partial charge < -0.3 is 26.3 Å². The maximum Gasteiger partial charge on any atom is -0.0279 e. The van der Waals surface area contributed by atoms with E-state index in [1.54, 1.807) is 0 Å². The minimum atomic E-state index is -3.08. The van der Waals surface area contributed by atoms with Gasteiger partial charge in [0.05, 0.1) is 0 Å². The van der Waals surface area contributed by atoms with Crippen molar-refractivity contribution in [3.8, 4) is 22.3 Å². The van der Waals surface area contributed by atoms with Gasteiger partial charge in [-0.1, -0.05) is 83.9 Å². The van der Waals surface area contributed by atoms with Crippen molar-refractivity contribution in [2.24, 2.45) is 0 Å². The monoisotopic (exact) mass is 694 g/mol. The molecule has 9 heteroatoms. The standard InChI is InChI=1S/2C15H11.2CF3.CH2.2ClH.Zr/c2*1-2-6-12(7-3-1)14-10-4-8-13-9-5-11-15(13)14;2*2-1(3)4;;;;/h2*1-11H;;;1H2;2*1H;/q4*-1;;;;+2/p-2. The van der Waals surface area contributed by atoms with Crippen molar-refractivity contribution in [2.75, 3.05) is 0 Å². The minimum absolute atomic E-state index is 1.29. The van der Waals surface area contributed by atoms with Gasteiger partial charge in [-0.15, -0.1) is 57.9 Å². The third-order valence-electron chi connectivity index (χ3n) is 5.53. The fraction of sp³-hybridized carbons (Fsp3) is 0. The Balaban J connectivity index is 0.000000214. The van der Waals surface area contributed by atoms with Crippen LogP contribution in [-0.2, 0) is 18.9 Å². The molecule has 42 heavy (non-hydrogen) atoms. The Bertz CT molecular complexity index is 1470. The van der Waals surface area contributed by atoms with Gasteiger partial charge in [0, 0.05) is 0 Å². The molecule has 6 rings (SSSR count). The Morgan fingerprint density at radius 2 is 0.810 bits per heavy atom. The number of rotatable bonds is 2. The van der Waals surface area contributed by atoms with E-state index in [0.29, 0.717) is 0 Å². The first kappa shape index (κ1) is 35.2. The molecule has 0 fully saturated rings. The zero-order valence-electron chi connectivity index (χ0n) is 21.9. The Kier molecular flexibility index (Phi) is 16.1. The summed E-state index contributed by atoms with van der Waals surface area (Å²) in [6.45, 7) is -6.17. The molecule has 0 aliphatic rings. The van der Waals surface area contributed by atoms with Crippen molar-refractivity contribution in [3.63, 3.8) is 0 Å². The SMILES string of the molecule is F[C-](F)F.F[C-](F)F.[CH2]=[Zr]([Cl])[Cl].c1ccc(-c2cccc3[cH-]ccc23)cc1.c1ccc(-c2cccc3[cH-]ccc23)cc1. The topological polar surface area (TPSA) is 0 Å². The first-order valence-electron chi connectivity index (χ1n) is 12.2. The van der Waals surface area contributed by atoms with E-state index in [4.69, 9.17) is 17.0 Å². The van der Waals surface area contributed by atoms with Gasteiger partial charge in [-0.3, -0.25) is 0 Å². The second kappa shape index (κ2) is 19.2. The van der Waals surface area contributed by atoms with Crippen LogP contribution in [0.25, 0.3) is 43.8 Å². The number of fused-ring (bicyclic) bond motifs is 2. The van der Waals surface area contributed by atoms with Crippen molar-refractivity contribution >= 4 is 42.8 Å². The molecule has 0 nitrogen and oxygen atoms in total. The number of hydrogen-bond acceptors (Lipinski definition) is 0. The van der Waals surface area contributed by atoms with Crippen molar-refractivity contribution in [3.05, 3.63) is 147 Å². The van der Waals surface area contributed by atoms with Crippen molar-refractivity contribution in [1.29, 1.82) is 0 Å². The van der Waals surface area contributed by atoms with Gasteiger partial charge in [-0.25, -0.2) is 0 Å². The summed E-state index contributed by atoms with van der Waals surface area (Å²) in [5.41, 5.74) is 5.21. The molecule has 0 heterocycles. The molecule has 0 unspecified atom stereocenters. The van der Waals surface area contributed by atoms with E-state index in [2.05, 4.69) is 138 Å². The Morgan fingerprint density at radius 3 is 1.12 bits per heavy atom. The van der Waals surface area contributed by atoms with Crippen LogP contribution in [0.5, 0.6) is 0 Å². The number of hydrogen-bond donors (Lipinski definition) is 0. The smallest absolute Gasteiger partial charge is 0.0279 e. The second-order valence-corrected chi connectivity index (χ2v) is 16.4. The van der Waals surface area contributed by atoms with E-state index < -0.39 is 32.2 Å². The van der Waals surface area contributed by atoms with E-state index in [1.165, 1.54) is 43.8 Å². The van der Waals surface area contributed by atoms with E-state index in [1.807, 2.05) is 0 Å². The summed E-state index contributed by atoms with van der Waals surface area (Å²) < 4.78 is 60.9. The molecule has 0 aliphatic carbocycles. The molecule has 0 saturated carbocycles. The first-order chi connectivity index (χ1) is 20.1. The molecule has 0 amide bonds.